The molecule has 6 nitrogen and oxygen atoms in total. The lowest BCUT2D eigenvalue weighted by atomic mass is 9.98. The van der Waals surface area contributed by atoms with E-state index in [2.05, 4.69) is 53.5 Å². The van der Waals surface area contributed by atoms with E-state index in [1.54, 1.807) is 25.6 Å². The molecule has 3 rings (SSSR count). The molecule has 2 aromatic rings. The molecule has 0 saturated heterocycles. The van der Waals surface area contributed by atoms with Crippen LogP contribution < -0.4 is 14.8 Å². The summed E-state index contributed by atoms with van der Waals surface area (Å²) in [5, 5.41) is 6.75. The van der Waals surface area contributed by atoms with Gasteiger partial charge in [0.1, 0.15) is 0 Å². The van der Waals surface area contributed by atoms with Crippen molar-refractivity contribution in [3.8, 4) is 11.5 Å². The Hall–Kier alpha value is -2.28. The molecule has 0 amide bonds. The number of nitrogens with one attached hydrogen (secondary N) is 1. The molecule has 0 bridgehead atoms. The van der Waals surface area contributed by atoms with Gasteiger partial charge in [0.25, 0.3) is 0 Å². The number of hydrogen-bond donors (Lipinski definition) is 1. The van der Waals surface area contributed by atoms with E-state index in [0.29, 0.717) is 6.54 Å². The second-order valence-electron chi connectivity index (χ2n) is 7.94. The average molecular weight is 403 g/mol. The van der Waals surface area contributed by atoms with E-state index in [-0.39, 0.29) is 5.41 Å². The van der Waals surface area contributed by atoms with E-state index in [0.717, 1.165) is 47.7 Å². The smallest absolute Gasteiger partial charge is 0.194 e. The predicted molar refractivity (Wildman–Crippen MR) is 115 cm³/mol. The van der Waals surface area contributed by atoms with E-state index < -0.39 is 0 Å². The van der Waals surface area contributed by atoms with Gasteiger partial charge in [0, 0.05) is 30.9 Å². The van der Waals surface area contributed by atoms with Crippen molar-refractivity contribution in [2.24, 2.45) is 4.99 Å². The molecule has 0 unspecified atom stereocenters. The van der Waals surface area contributed by atoms with E-state index >= 15 is 0 Å². The third-order valence-corrected chi connectivity index (χ3v) is 6.17. The summed E-state index contributed by atoms with van der Waals surface area (Å²) in [6.07, 6.45) is 0.946. The fraction of sp³-hybridized carbons (Fsp3) is 0.524. The van der Waals surface area contributed by atoms with Crippen LogP contribution in [0.1, 0.15) is 42.6 Å². The quantitative estimate of drug-likeness (QED) is 0.626. The normalized spacial score (nSPS) is 14.6. The molecule has 28 heavy (non-hydrogen) atoms. The van der Waals surface area contributed by atoms with Crippen molar-refractivity contribution in [2.75, 3.05) is 27.8 Å². The lowest BCUT2D eigenvalue weighted by Gasteiger charge is -2.32. The first-order valence-electron chi connectivity index (χ1n) is 9.50. The van der Waals surface area contributed by atoms with Crippen molar-refractivity contribution in [3.05, 3.63) is 39.3 Å². The molecule has 0 spiro atoms. The van der Waals surface area contributed by atoms with Crippen molar-refractivity contribution < 1.29 is 9.47 Å². The first-order chi connectivity index (χ1) is 13.4. The highest BCUT2D eigenvalue weighted by Crippen LogP contribution is 2.33. The number of rotatable bonds is 4. The van der Waals surface area contributed by atoms with Gasteiger partial charge in [-0.3, -0.25) is 4.99 Å². The van der Waals surface area contributed by atoms with Gasteiger partial charge in [0.15, 0.2) is 17.5 Å². The second-order valence-corrected chi connectivity index (χ2v) is 8.80. The Morgan fingerprint density at radius 3 is 2.46 bits per heavy atom. The van der Waals surface area contributed by atoms with Gasteiger partial charge in [0.05, 0.1) is 31.5 Å². The number of ether oxygens (including phenoxy) is 2. The molecule has 0 radical (unpaired) electrons. The largest absolute Gasteiger partial charge is 0.493 e. The molecule has 1 aromatic heterocycles. The SMILES string of the molecule is CN=C(NCc1csc(C(C)(C)C)n1)N1CCc2cc(OC)c(OC)cc2C1. The summed E-state index contributed by atoms with van der Waals surface area (Å²) in [5.41, 5.74) is 3.69. The van der Waals surface area contributed by atoms with Crippen molar-refractivity contribution >= 4 is 17.3 Å². The summed E-state index contributed by atoms with van der Waals surface area (Å²) in [4.78, 5) is 11.5. The highest BCUT2D eigenvalue weighted by molar-refractivity contribution is 7.09. The minimum atomic E-state index is 0.0846. The van der Waals surface area contributed by atoms with Gasteiger partial charge < -0.3 is 19.7 Å². The molecule has 152 valence electrons. The van der Waals surface area contributed by atoms with E-state index in [9.17, 15) is 0 Å². The Kier molecular flexibility index (Phi) is 6.13. The highest BCUT2D eigenvalue weighted by atomic mass is 32.1. The Labute approximate surface area is 171 Å². The van der Waals surface area contributed by atoms with Gasteiger partial charge >= 0.3 is 0 Å². The number of nitrogens with zero attached hydrogens (tertiary/aromatic N) is 3. The number of aliphatic imine (C=N–C) groups is 1. The molecule has 0 fully saturated rings. The van der Waals surface area contributed by atoms with Crippen LogP contribution in [0.2, 0.25) is 0 Å². The topological polar surface area (TPSA) is 59.0 Å². The summed E-state index contributed by atoms with van der Waals surface area (Å²) in [5.74, 6) is 2.45. The maximum Gasteiger partial charge on any atom is 0.194 e. The highest BCUT2D eigenvalue weighted by Gasteiger charge is 2.22. The van der Waals surface area contributed by atoms with Crippen LogP contribution in [-0.2, 0) is 24.9 Å². The molecule has 0 saturated carbocycles. The van der Waals surface area contributed by atoms with Crippen LogP contribution in [-0.4, -0.2) is 43.7 Å². The molecule has 1 N–H and O–H groups in total. The third-order valence-electron chi connectivity index (χ3n) is 4.85. The number of fused-ring (bicyclic) bond motifs is 1. The van der Waals surface area contributed by atoms with Gasteiger partial charge in [0.2, 0.25) is 0 Å². The van der Waals surface area contributed by atoms with Gasteiger partial charge in [-0.15, -0.1) is 11.3 Å². The van der Waals surface area contributed by atoms with Crippen molar-refractivity contribution in [1.29, 1.82) is 0 Å². The second kappa shape index (κ2) is 8.39. The Balaban J connectivity index is 1.68. The standard InChI is InChI=1S/C21H30N4O2S/c1-21(2,3)19-24-16(13-28-19)11-23-20(22-4)25-8-7-14-9-17(26-5)18(27-6)10-15(14)12-25/h9-10,13H,7-8,11-12H2,1-6H3,(H,22,23). The minimum Gasteiger partial charge on any atom is -0.493 e. The van der Waals surface area contributed by atoms with E-state index in [1.807, 2.05) is 7.05 Å². The Bertz CT molecular complexity index is 855. The van der Waals surface area contributed by atoms with Gasteiger partial charge in [-0.1, -0.05) is 20.8 Å². The number of aromatic nitrogens is 1. The fourth-order valence-corrected chi connectivity index (χ4v) is 4.21. The number of benzene rings is 1. The van der Waals surface area contributed by atoms with Crippen LogP contribution in [0.5, 0.6) is 11.5 Å². The zero-order valence-electron chi connectivity index (χ0n) is 17.6. The molecular formula is C21H30N4O2S. The number of methoxy groups -OCH3 is 2. The van der Waals surface area contributed by atoms with E-state index in [4.69, 9.17) is 14.5 Å². The third kappa shape index (κ3) is 4.41. The zero-order valence-corrected chi connectivity index (χ0v) is 18.4. The summed E-state index contributed by atoms with van der Waals surface area (Å²) in [7, 11) is 5.17. The number of thiazole rings is 1. The number of guanidine groups is 1. The molecule has 2 heterocycles. The lowest BCUT2D eigenvalue weighted by molar-refractivity contribution is 0.346. The molecule has 1 aliphatic rings. The van der Waals surface area contributed by atoms with Gasteiger partial charge in [-0.05, 0) is 29.7 Å². The van der Waals surface area contributed by atoms with Crippen molar-refractivity contribution in [3.63, 3.8) is 0 Å². The maximum atomic E-state index is 5.46. The van der Waals surface area contributed by atoms with Crippen LogP contribution in [0.15, 0.2) is 22.5 Å². The lowest BCUT2D eigenvalue weighted by Crippen LogP contribution is -2.43. The Morgan fingerprint density at radius 2 is 1.89 bits per heavy atom. The van der Waals surface area contributed by atoms with Crippen LogP contribution in [0.3, 0.4) is 0 Å². The van der Waals surface area contributed by atoms with Crippen LogP contribution >= 0.6 is 11.3 Å². The fourth-order valence-electron chi connectivity index (χ4n) is 3.30. The molecule has 0 atom stereocenters. The summed E-state index contributed by atoms with van der Waals surface area (Å²) >= 11 is 1.72. The number of hydrogen-bond acceptors (Lipinski definition) is 5. The van der Waals surface area contributed by atoms with E-state index in [1.165, 1.54) is 11.1 Å². The summed E-state index contributed by atoms with van der Waals surface area (Å²) < 4.78 is 10.9. The molecule has 1 aromatic carbocycles. The van der Waals surface area contributed by atoms with Crippen molar-refractivity contribution in [2.45, 2.75) is 45.7 Å². The maximum absolute atomic E-state index is 5.46. The summed E-state index contributed by atoms with van der Waals surface area (Å²) in [6.45, 7) is 8.95. The minimum absolute atomic E-state index is 0.0846. The molecule has 7 heteroatoms. The molecular weight excluding hydrogens is 372 g/mol. The summed E-state index contributed by atoms with van der Waals surface area (Å²) in [6, 6.07) is 4.16. The van der Waals surface area contributed by atoms with Crippen LogP contribution in [0.25, 0.3) is 0 Å². The predicted octanol–water partition coefficient (Wildman–Crippen LogP) is 3.59. The average Bonchev–Trinajstić information content (AvgIpc) is 3.16. The van der Waals surface area contributed by atoms with Gasteiger partial charge in [-0.25, -0.2) is 4.98 Å². The molecule has 0 aliphatic carbocycles. The first kappa shape index (κ1) is 20.5. The first-order valence-corrected chi connectivity index (χ1v) is 10.4. The van der Waals surface area contributed by atoms with Gasteiger partial charge in [-0.2, -0.15) is 0 Å². The van der Waals surface area contributed by atoms with Crippen LogP contribution in [0, 0.1) is 0 Å². The Morgan fingerprint density at radius 1 is 1.21 bits per heavy atom. The zero-order chi connectivity index (χ0) is 20.3. The molecule has 1 aliphatic heterocycles. The van der Waals surface area contributed by atoms with Crippen LogP contribution in [0.4, 0.5) is 0 Å². The monoisotopic (exact) mass is 402 g/mol. The van der Waals surface area contributed by atoms with Crippen molar-refractivity contribution in [1.82, 2.24) is 15.2 Å².